The van der Waals surface area contributed by atoms with E-state index in [1.807, 2.05) is 42.5 Å². The standard InChI is InChI=1S/C16H15N3O/c1-20-14-9-5-8-13(11-14)16-17-15(18-19-16)10-12-6-3-2-4-7-12/h2-9,11H,10H2,1H3,(H,17,18,19). The van der Waals surface area contributed by atoms with E-state index in [9.17, 15) is 0 Å². The van der Waals surface area contributed by atoms with Gasteiger partial charge in [0.1, 0.15) is 11.6 Å². The molecular weight excluding hydrogens is 250 g/mol. The van der Waals surface area contributed by atoms with Crippen LogP contribution in [0.25, 0.3) is 11.4 Å². The molecule has 0 unspecified atom stereocenters. The number of nitrogens with zero attached hydrogens (tertiary/aromatic N) is 2. The van der Waals surface area contributed by atoms with Gasteiger partial charge >= 0.3 is 0 Å². The number of aromatic nitrogens is 3. The maximum absolute atomic E-state index is 5.21. The second-order valence-electron chi connectivity index (χ2n) is 4.50. The van der Waals surface area contributed by atoms with Crippen molar-refractivity contribution in [3.63, 3.8) is 0 Å². The zero-order chi connectivity index (χ0) is 13.8. The number of methoxy groups -OCH3 is 1. The highest BCUT2D eigenvalue weighted by Gasteiger charge is 2.07. The molecule has 0 aliphatic rings. The number of hydrogen-bond acceptors (Lipinski definition) is 3. The summed E-state index contributed by atoms with van der Waals surface area (Å²) in [6, 6.07) is 17.9. The van der Waals surface area contributed by atoms with E-state index in [2.05, 4.69) is 27.3 Å². The van der Waals surface area contributed by atoms with Crippen LogP contribution in [0.2, 0.25) is 0 Å². The van der Waals surface area contributed by atoms with Gasteiger partial charge in [-0.05, 0) is 17.7 Å². The van der Waals surface area contributed by atoms with E-state index in [0.29, 0.717) is 5.82 Å². The second kappa shape index (κ2) is 5.57. The van der Waals surface area contributed by atoms with Gasteiger partial charge in [0.05, 0.1) is 7.11 Å². The predicted octanol–water partition coefficient (Wildman–Crippen LogP) is 3.07. The van der Waals surface area contributed by atoms with Crippen LogP contribution < -0.4 is 4.74 Å². The molecule has 0 saturated carbocycles. The van der Waals surface area contributed by atoms with Gasteiger partial charge in [-0.3, -0.25) is 5.10 Å². The molecule has 1 aromatic heterocycles. The van der Waals surface area contributed by atoms with Gasteiger partial charge in [0, 0.05) is 12.0 Å². The highest BCUT2D eigenvalue weighted by molar-refractivity contribution is 5.57. The van der Waals surface area contributed by atoms with E-state index in [1.165, 1.54) is 5.56 Å². The lowest BCUT2D eigenvalue weighted by molar-refractivity contribution is 0.415. The van der Waals surface area contributed by atoms with Gasteiger partial charge in [0.15, 0.2) is 5.82 Å². The molecule has 4 heteroatoms. The minimum absolute atomic E-state index is 0.690. The Morgan fingerprint density at radius 1 is 1.05 bits per heavy atom. The Balaban J connectivity index is 1.83. The average molecular weight is 265 g/mol. The van der Waals surface area contributed by atoms with Gasteiger partial charge < -0.3 is 4.74 Å². The molecule has 3 aromatic rings. The number of aromatic amines is 1. The molecule has 2 aromatic carbocycles. The van der Waals surface area contributed by atoms with Gasteiger partial charge in [0.25, 0.3) is 0 Å². The van der Waals surface area contributed by atoms with E-state index in [-0.39, 0.29) is 0 Å². The van der Waals surface area contributed by atoms with Crippen LogP contribution in [0.3, 0.4) is 0 Å². The largest absolute Gasteiger partial charge is 0.497 e. The van der Waals surface area contributed by atoms with Crippen LogP contribution in [0.1, 0.15) is 11.4 Å². The first-order chi connectivity index (χ1) is 9.85. The Labute approximate surface area is 117 Å². The summed E-state index contributed by atoms with van der Waals surface area (Å²) in [4.78, 5) is 4.53. The van der Waals surface area contributed by atoms with Crippen molar-refractivity contribution in [2.45, 2.75) is 6.42 Å². The zero-order valence-corrected chi connectivity index (χ0v) is 11.2. The molecule has 0 atom stereocenters. The highest BCUT2D eigenvalue weighted by Crippen LogP contribution is 2.20. The van der Waals surface area contributed by atoms with Crippen molar-refractivity contribution >= 4 is 0 Å². The van der Waals surface area contributed by atoms with Crippen LogP contribution >= 0.6 is 0 Å². The molecule has 20 heavy (non-hydrogen) atoms. The molecule has 0 aliphatic heterocycles. The van der Waals surface area contributed by atoms with Crippen LogP contribution in [-0.2, 0) is 6.42 Å². The van der Waals surface area contributed by atoms with Crippen LogP contribution in [0.4, 0.5) is 0 Å². The molecule has 1 heterocycles. The first-order valence-corrected chi connectivity index (χ1v) is 6.45. The van der Waals surface area contributed by atoms with Crippen molar-refractivity contribution in [1.29, 1.82) is 0 Å². The lowest BCUT2D eigenvalue weighted by atomic mass is 10.1. The third kappa shape index (κ3) is 2.69. The van der Waals surface area contributed by atoms with Crippen molar-refractivity contribution in [2.24, 2.45) is 0 Å². The Morgan fingerprint density at radius 3 is 2.70 bits per heavy atom. The summed E-state index contributed by atoms with van der Waals surface area (Å²) in [5.74, 6) is 2.35. The number of nitrogens with one attached hydrogen (secondary N) is 1. The monoisotopic (exact) mass is 265 g/mol. The molecule has 0 fully saturated rings. The molecule has 0 radical (unpaired) electrons. The molecule has 0 spiro atoms. The summed E-state index contributed by atoms with van der Waals surface area (Å²) in [6.07, 6.45) is 0.748. The molecule has 1 N–H and O–H groups in total. The fourth-order valence-corrected chi connectivity index (χ4v) is 2.05. The summed E-state index contributed by atoms with van der Waals surface area (Å²) >= 11 is 0. The van der Waals surface area contributed by atoms with E-state index in [1.54, 1.807) is 7.11 Å². The van der Waals surface area contributed by atoms with E-state index < -0.39 is 0 Å². The first kappa shape index (κ1) is 12.4. The van der Waals surface area contributed by atoms with Crippen molar-refractivity contribution in [3.8, 4) is 17.1 Å². The molecule has 0 saturated heterocycles. The Morgan fingerprint density at radius 2 is 1.90 bits per heavy atom. The molecule has 0 bridgehead atoms. The minimum Gasteiger partial charge on any atom is -0.497 e. The topological polar surface area (TPSA) is 50.8 Å². The zero-order valence-electron chi connectivity index (χ0n) is 11.2. The van der Waals surface area contributed by atoms with Crippen LogP contribution in [-0.4, -0.2) is 22.3 Å². The molecule has 4 nitrogen and oxygen atoms in total. The summed E-state index contributed by atoms with van der Waals surface area (Å²) in [5, 5.41) is 7.25. The lowest BCUT2D eigenvalue weighted by Gasteiger charge is -2.00. The van der Waals surface area contributed by atoms with Gasteiger partial charge in [-0.1, -0.05) is 42.5 Å². The normalized spacial score (nSPS) is 10.4. The first-order valence-electron chi connectivity index (χ1n) is 6.45. The number of hydrogen-bond donors (Lipinski definition) is 1. The SMILES string of the molecule is COc1cccc(-c2n[nH]c(Cc3ccccc3)n2)c1. The molecule has 100 valence electrons. The molecule has 0 amide bonds. The van der Waals surface area contributed by atoms with Gasteiger partial charge in [-0.2, -0.15) is 5.10 Å². The predicted molar refractivity (Wildman–Crippen MR) is 77.6 cm³/mol. The Kier molecular flexibility index (Phi) is 3.46. The van der Waals surface area contributed by atoms with Crippen LogP contribution in [0.15, 0.2) is 54.6 Å². The van der Waals surface area contributed by atoms with Gasteiger partial charge in [-0.15, -0.1) is 0 Å². The summed E-state index contributed by atoms with van der Waals surface area (Å²) in [6.45, 7) is 0. The minimum atomic E-state index is 0.690. The third-order valence-corrected chi connectivity index (χ3v) is 3.07. The molecular formula is C16H15N3O. The number of rotatable bonds is 4. The van der Waals surface area contributed by atoms with Crippen molar-refractivity contribution in [1.82, 2.24) is 15.2 Å². The summed E-state index contributed by atoms with van der Waals surface area (Å²) in [7, 11) is 1.65. The fourth-order valence-electron chi connectivity index (χ4n) is 2.05. The van der Waals surface area contributed by atoms with Crippen molar-refractivity contribution in [3.05, 3.63) is 66.0 Å². The Bertz CT molecular complexity index is 692. The van der Waals surface area contributed by atoms with Gasteiger partial charge in [-0.25, -0.2) is 4.98 Å². The smallest absolute Gasteiger partial charge is 0.181 e. The summed E-state index contributed by atoms with van der Waals surface area (Å²) < 4.78 is 5.21. The van der Waals surface area contributed by atoms with Crippen LogP contribution in [0.5, 0.6) is 5.75 Å². The third-order valence-electron chi connectivity index (χ3n) is 3.07. The number of benzene rings is 2. The van der Waals surface area contributed by atoms with E-state index >= 15 is 0 Å². The average Bonchev–Trinajstić information content (AvgIpc) is 2.97. The molecule has 3 rings (SSSR count). The second-order valence-corrected chi connectivity index (χ2v) is 4.50. The maximum Gasteiger partial charge on any atom is 0.181 e. The fraction of sp³-hybridized carbons (Fsp3) is 0.125. The molecule has 0 aliphatic carbocycles. The van der Waals surface area contributed by atoms with Crippen LogP contribution in [0, 0.1) is 0 Å². The lowest BCUT2D eigenvalue weighted by Crippen LogP contribution is -1.90. The van der Waals surface area contributed by atoms with E-state index in [4.69, 9.17) is 4.74 Å². The number of ether oxygens (including phenoxy) is 1. The quantitative estimate of drug-likeness (QED) is 0.788. The van der Waals surface area contributed by atoms with Gasteiger partial charge in [0.2, 0.25) is 0 Å². The highest BCUT2D eigenvalue weighted by atomic mass is 16.5. The van der Waals surface area contributed by atoms with Crippen molar-refractivity contribution in [2.75, 3.05) is 7.11 Å². The summed E-state index contributed by atoms with van der Waals surface area (Å²) in [5.41, 5.74) is 2.15. The maximum atomic E-state index is 5.21. The van der Waals surface area contributed by atoms with E-state index in [0.717, 1.165) is 23.6 Å². The Hall–Kier alpha value is -2.62. The number of H-pyrrole nitrogens is 1. The van der Waals surface area contributed by atoms with Crippen molar-refractivity contribution < 1.29 is 4.74 Å².